The third-order valence-electron chi connectivity index (χ3n) is 6.40. The highest BCUT2D eigenvalue weighted by molar-refractivity contribution is 5.79. The predicted molar refractivity (Wildman–Crippen MR) is 128 cm³/mol. The number of nitrogens with one attached hydrogen (secondary N) is 2. The Balaban J connectivity index is 1.12. The third-order valence-corrected chi connectivity index (χ3v) is 6.40. The zero-order chi connectivity index (χ0) is 24.4. The maximum Gasteiger partial charge on any atom is 0.407 e. The second kappa shape index (κ2) is 9.54. The molecule has 6 nitrogen and oxygen atoms in total. The standard InChI is InChI=1S/C27H26F2N2O4/c28-27(29,16-32)15-31-18-9-10-25-17(11-18)12-19(35-25)13-30-26(33)34-14-24-22-7-3-1-5-20(22)21-6-2-4-8-23(21)24/h1-11,19,24,31-32H,12-16H2,(H,30,33). The summed E-state index contributed by atoms with van der Waals surface area (Å²) >= 11 is 0. The second-order valence-corrected chi connectivity index (χ2v) is 8.84. The number of halogens is 2. The number of carbonyl (C=O) groups is 1. The highest BCUT2D eigenvalue weighted by Gasteiger charge is 2.30. The van der Waals surface area contributed by atoms with Crippen molar-refractivity contribution in [3.05, 3.63) is 83.4 Å². The molecule has 1 amide bonds. The van der Waals surface area contributed by atoms with Crippen molar-refractivity contribution < 1.29 is 28.2 Å². The molecule has 0 fully saturated rings. The minimum Gasteiger partial charge on any atom is -0.488 e. The summed E-state index contributed by atoms with van der Waals surface area (Å²) in [5.74, 6) is -2.54. The van der Waals surface area contributed by atoms with Gasteiger partial charge in [-0.05, 0) is 46.0 Å². The molecule has 0 radical (unpaired) electrons. The summed E-state index contributed by atoms with van der Waals surface area (Å²) in [5.41, 5.74) is 6.02. The highest BCUT2D eigenvalue weighted by Crippen LogP contribution is 2.44. The molecule has 0 bridgehead atoms. The van der Waals surface area contributed by atoms with E-state index < -0.39 is 25.2 Å². The zero-order valence-corrected chi connectivity index (χ0v) is 19.0. The largest absolute Gasteiger partial charge is 0.488 e. The van der Waals surface area contributed by atoms with Gasteiger partial charge in [0.1, 0.15) is 25.1 Å². The normalized spacial score (nSPS) is 16.1. The van der Waals surface area contributed by atoms with Crippen LogP contribution in [0.4, 0.5) is 19.3 Å². The van der Waals surface area contributed by atoms with Gasteiger partial charge in [0.05, 0.1) is 13.1 Å². The summed E-state index contributed by atoms with van der Waals surface area (Å²) < 4.78 is 38.0. The van der Waals surface area contributed by atoms with Crippen molar-refractivity contribution in [3.63, 3.8) is 0 Å². The summed E-state index contributed by atoms with van der Waals surface area (Å²) in [7, 11) is 0. The summed E-state index contributed by atoms with van der Waals surface area (Å²) in [5, 5.41) is 14.1. The van der Waals surface area contributed by atoms with Crippen molar-refractivity contribution in [2.75, 3.05) is 31.6 Å². The number of aliphatic hydroxyl groups is 1. The molecule has 0 saturated heterocycles. The topological polar surface area (TPSA) is 79.8 Å². The molecular weight excluding hydrogens is 454 g/mol. The fourth-order valence-electron chi connectivity index (χ4n) is 4.68. The smallest absolute Gasteiger partial charge is 0.407 e. The van der Waals surface area contributed by atoms with Gasteiger partial charge in [-0.15, -0.1) is 0 Å². The number of hydrogen-bond donors (Lipinski definition) is 3. The number of amides is 1. The van der Waals surface area contributed by atoms with Crippen LogP contribution in [0.3, 0.4) is 0 Å². The van der Waals surface area contributed by atoms with E-state index in [-0.39, 0.29) is 25.2 Å². The lowest BCUT2D eigenvalue weighted by Gasteiger charge is -2.16. The van der Waals surface area contributed by atoms with Gasteiger partial charge in [0, 0.05) is 18.0 Å². The van der Waals surface area contributed by atoms with E-state index >= 15 is 0 Å². The fourth-order valence-corrected chi connectivity index (χ4v) is 4.68. The number of aliphatic hydroxyl groups excluding tert-OH is 1. The second-order valence-electron chi connectivity index (χ2n) is 8.84. The van der Waals surface area contributed by atoms with Gasteiger partial charge in [0.25, 0.3) is 5.92 Å². The number of anilines is 1. The Morgan fingerprint density at radius 2 is 1.74 bits per heavy atom. The van der Waals surface area contributed by atoms with E-state index in [2.05, 4.69) is 34.9 Å². The molecule has 35 heavy (non-hydrogen) atoms. The van der Waals surface area contributed by atoms with Crippen LogP contribution < -0.4 is 15.4 Å². The Kier molecular flexibility index (Phi) is 6.30. The van der Waals surface area contributed by atoms with E-state index in [1.54, 1.807) is 18.2 Å². The summed E-state index contributed by atoms with van der Waals surface area (Å²) in [4.78, 5) is 12.4. The molecule has 0 spiro atoms. The van der Waals surface area contributed by atoms with E-state index in [1.165, 1.54) is 11.1 Å². The number of hydrogen-bond acceptors (Lipinski definition) is 5. The van der Waals surface area contributed by atoms with Gasteiger partial charge in [-0.25, -0.2) is 13.6 Å². The van der Waals surface area contributed by atoms with Gasteiger partial charge in [0.15, 0.2) is 0 Å². The first-order valence-corrected chi connectivity index (χ1v) is 11.5. The first-order valence-electron chi connectivity index (χ1n) is 11.5. The van der Waals surface area contributed by atoms with Gasteiger partial charge in [0.2, 0.25) is 0 Å². The zero-order valence-electron chi connectivity index (χ0n) is 19.0. The molecule has 1 unspecified atom stereocenters. The molecule has 3 N–H and O–H groups in total. The monoisotopic (exact) mass is 480 g/mol. The number of alkyl halides is 2. The van der Waals surface area contributed by atoms with Crippen molar-refractivity contribution in [1.29, 1.82) is 0 Å². The molecule has 2 aliphatic rings. The molecule has 8 heteroatoms. The van der Waals surface area contributed by atoms with Crippen LogP contribution in [0.2, 0.25) is 0 Å². The number of carbonyl (C=O) groups excluding carboxylic acids is 1. The van der Waals surface area contributed by atoms with Crippen LogP contribution >= 0.6 is 0 Å². The Hall–Kier alpha value is -3.65. The van der Waals surface area contributed by atoms with Gasteiger partial charge in [-0.2, -0.15) is 0 Å². The molecular formula is C27H26F2N2O4. The average molecular weight is 481 g/mol. The molecule has 1 aliphatic carbocycles. The molecule has 0 saturated carbocycles. The number of alkyl carbamates (subject to hydrolysis) is 1. The van der Waals surface area contributed by atoms with Crippen molar-refractivity contribution in [1.82, 2.24) is 5.32 Å². The van der Waals surface area contributed by atoms with E-state index in [1.807, 2.05) is 24.3 Å². The molecule has 5 rings (SSSR count). The van der Waals surface area contributed by atoms with Crippen LogP contribution in [0.15, 0.2) is 66.7 Å². The van der Waals surface area contributed by atoms with Crippen LogP contribution in [0.1, 0.15) is 22.6 Å². The Morgan fingerprint density at radius 3 is 2.43 bits per heavy atom. The number of rotatable bonds is 8. The number of fused-ring (bicyclic) bond motifs is 4. The summed E-state index contributed by atoms with van der Waals surface area (Å²) in [6.45, 7) is -1.37. The quantitative estimate of drug-likeness (QED) is 0.440. The third kappa shape index (κ3) is 4.93. The van der Waals surface area contributed by atoms with Crippen molar-refractivity contribution in [2.24, 2.45) is 0 Å². The first kappa shape index (κ1) is 23.1. The van der Waals surface area contributed by atoms with Crippen LogP contribution in [0, 0.1) is 0 Å². The minimum atomic E-state index is -3.19. The van der Waals surface area contributed by atoms with Crippen molar-refractivity contribution >= 4 is 11.8 Å². The number of benzene rings is 3. The predicted octanol–water partition coefficient (Wildman–Crippen LogP) is 4.57. The van der Waals surface area contributed by atoms with Gasteiger partial charge < -0.3 is 25.2 Å². The molecule has 182 valence electrons. The Morgan fingerprint density at radius 1 is 1.06 bits per heavy atom. The van der Waals surface area contributed by atoms with E-state index in [9.17, 15) is 13.6 Å². The molecule has 0 aromatic heterocycles. The minimum absolute atomic E-state index is 0.00994. The maximum absolute atomic E-state index is 13.3. The number of ether oxygens (including phenoxy) is 2. The SMILES string of the molecule is O=C(NCC1Cc2cc(NCC(F)(F)CO)ccc2O1)OCC1c2ccccc2-c2ccccc21. The van der Waals surface area contributed by atoms with Gasteiger partial charge in [-0.3, -0.25) is 0 Å². The van der Waals surface area contributed by atoms with E-state index in [0.717, 1.165) is 16.7 Å². The molecule has 3 aromatic carbocycles. The molecule has 1 atom stereocenters. The van der Waals surface area contributed by atoms with Gasteiger partial charge in [-0.1, -0.05) is 48.5 Å². The summed E-state index contributed by atoms with van der Waals surface area (Å²) in [6.07, 6.45) is -0.259. The lowest BCUT2D eigenvalue weighted by molar-refractivity contribution is -0.0372. The molecule has 3 aromatic rings. The fraction of sp³-hybridized carbons (Fsp3) is 0.296. The van der Waals surface area contributed by atoms with Crippen molar-refractivity contribution in [3.8, 4) is 16.9 Å². The lowest BCUT2D eigenvalue weighted by atomic mass is 9.98. The van der Waals surface area contributed by atoms with E-state index in [0.29, 0.717) is 17.9 Å². The molecule has 1 heterocycles. The summed E-state index contributed by atoms with van der Waals surface area (Å²) in [6, 6.07) is 21.4. The lowest BCUT2D eigenvalue weighted by Crippen LogP contribution is -2.35. The first-order chi connectivity index (χ1) is 16.9. The Bertz CT molecular complexity index is 1190. The van der Waals surface area contributed by atoms with E-state index in [4.69, 9.17) is 14.6 Å². The Labute approximate surface area is 201 Å². The van der Waals surface area contributed by atoms with Gasteiger partial charge >= 0.3 is 6.09 Å². The van der Waals surface area contributed by atoms with Crippen LogP contribution in [0.25, 0.3) is 11.1 Å². The van der Waals surface area contributed by atoms with Crippen LogP contribution in [-0.4, -0.2) is 49.5 Å². The average Bonchev–Trinajstić information content (AvgIpc) is 3.43. The van der Waals surface area contributed by atoms with Crippen LogP contribution in [-0.2, 0) is 11.2 Å². The van der Waals surface area contributed by atoms with Crippen molar-refractivity contribution in [2.45, 2.75) is 24.4 Å². The maximum atomic E-state index is 13.3. The van der Waals surface area contributed by atoms with Crippen LogP contribution in [0.5, 0.6) is 5.75 Å². The highest BCUT2D eigenvalue weighted by atomic mass is 19.3. The molecule has 1 aliphatic heterocycles.